The van der Waals surface area contributed by atoms with Crippen molar-refractivity contribution in [3.8, 4) is 0 Å². The molecule has 0 radical (unpaired) electrons. The molecule has 0 aliphatic carbocycles. The van der Waals surface area contributed by atoms with Crippen molar-refractivity contribution in [3.05, 3.63) is 26.6 Å². The average Bonchev–Trinajstić information content (AvgIpc) is 2.74. The predicted molar refractivity (Wildman–Crippen MR) is 81.7 cm³/mol. The van der Waals surface area contributed by atoms with Crippen molar-refractivity contribution in [2.75, 3.05) is 6.61 Å². The van der Waals surface area contributed by atoms with E-state index in [1.54, 1.807) is 11.3 Å². The molecule has 1 aliphatic heterocycles. The van der Waals surface area contributed by atoms with E-state index >= 15 is 0 Å². The third-order valence-corrected chi connectivity index (χ3v) is 5.15. The first-order valence-corrected chi connectivity index (χ1v) is 8.05. The van der Waals surface area contributed by atoms with Crippen molar-refractivity contribution in [3.63, 3.8) is 0 Å². The molecule has 0 saturated carbocycles. The summed E-state index contributed by atoms with van der Waals surface area (Å²) in [6.45, 7) is 6.98. The normalized spacial score (nSPS) is 23.4. The van der Waals surface area contributed by atoms with Crippen LogP contribution in [0.5, 0.6) is 0 Å². The Morgan fingerprint density at radius 1 is 1.50 bits per heavy atom. The lowest BCUT2D eigenvalue weighted by Crippen LogP contribution is -2.25. The molecule has 1 saturated heterocycles. The van der Waals surface area contributed by atoms with E-state index < -0.39 is 0 Å². The van der Waals surface area contributed by atoms with E-state index in [9.17, 15) is 4.79 Å². The average molecular weight is 292 g/mol. The van der Waals surface area contributed by atoms with Gasteiger partial charge in [-0.05, 0) is 38.7 Å². The Morgan fingerprint density at radius 3 is 3.00 bits per heavy atom. The van der Waals surface area contributed by atoms with Crippen molar-refractivity contribution < 1.29 is 4.74 Å². The minimum absolute atomic E-state index is 0.0188. The molecule has 1 aliphatic rings. The van der Waals surface area contributed by atoms with Gasteiger partial charge in [0.15, 0.2) is 0 Å². The summed E-state index contributed by atoms with van der Waals surface area (Å²) < 4.78 is 5.57. The molecular weight excluding hydrogens is 272 g/mol. The van der Waals surface area contributed by atoms with Crippen LogP contribution in [0.15, 0.2) is 4.79 Å². The summed E-state index contributed by atoms with van der Waals surface area (Å²) in [5.41, 5.74) is 1.16. The quantitative estimate of drug-likeness (QED) is 0.925. The smallest absolute Gasteiger partial charge is 0.259 e. The Hall–Kier alpha value is -1.20. The molecule has 0 aromatic carbocycles. The van der Waals surface area contributed by atoms with Gasteiger partial charge in [0.2, 0.25) is 0 Å². The van der Waals surface area contributed by atoms with Crippen LogP contribution in [0.25, 0.3) is 10.2 Å². The summed E-state index contributed by atoms with van der Waals surface area (Å²) in [4.78, 5) is 22.2. The maximum atomic E-state index is 12.4. The summed E-state index contributed by atoms with van der Waals surface area (Å²) in [5.74, 6) is 1.14. The van der Waals surface area contributed by atoms with Crippen LogP contribution in [0.1, 0.15) is 48.9 Å². The minimum atomic E-state index is 0.0188. The largest absolute Gasteiger partial charge is 0.378 e. The number of thiophene rings is 1. The lowest BCUT2D eigenvalue weighted by molar-refractivity contribution is 0.0173. The van der Waals surface area contributed by atoms with Gasteiger partial charge < -0.3 is 9.72 Å². The number of fused-ring (bicyclic) bond motifs is 1. The fraction of sp³-hybridized carbons (Fsp3) is 0.600. The number of hydrogen-bond acceptors (Lipinski definition) is 4. The third kappa shape index (κ3) is 2.29. The van der Waals surface area contributed by atoms with E-state index in [0.29, 0.717) is 5.92 Å². The number of H-pyrrole nitrogens is 1. The summed E-state index contributed by atoms with van der Waals surface area (Å²) in [7, 11) is 0. The van der Waals surface area contributed by atoms with Crippen molar-refractivity contribution in [1.82, 2.24) is 9.97 Å². The van der Waals surface area contributed by atoms with Gasteiger partial charge in [0.05, 0.1) is 11.5 Å². The number of nitrogens with one attached hydrogen (secondary N) is 1. The van der Waals surface area contributed by atoms with Gasteiger partial charge >= 0.3 is 0 Å². The summed E-state index contributed by atoms with van der Waals surface area (Å²) in [6.07, 6.45) is 2.99. The molecule has 2 unspecified atom stereocenters. The molecule has 20 heavy (non-hydrogen) atoms. The van der Waals surface area contributed by atoms with Gasteiger partial charge in [-0.15, -0.1) is 11.3 Å². The summed E-state index contributed by atoms with van der Waals surface area (Å²) in [6, 6.07) is 0. The van der Waals surface area contributed by atoms with Gasteiger partial charge in [-0.2, -0.15) is 0 Å². The maximum absolute atomic E-state index is 12.4. The molecule has 5 heteroatoms. The van der Waals surface area contributed by atoms with Crippen molar-refractivity contribution in [2.24, 2.45) is 0 Å². The van der Waals surface area contributed by atoms with Gasteiger partial charge in [0, 0.05) is 17.4 Å². The second kappa shape index (κ2) is 5.30. The Bertz CT molecular complexity index is 689. The van der Waals surface area contributed by atoms with E-state index in [2.05, 4.69) is 25.8 Å². The SMILES string of the molecule is CCc1c(C)sc2nc(C3CCOC(C)C3)[nH]c(=O)c12. The van der Waals surface area contributed by atoms with E-state index in [-0.39, 0.29) is 11.7 Å². The Labute approximate surface area is 122 Å². The van der Waals surface area contributed by atoms with Crippen molar-refractivity contribution in [1.29, 1.82) is 0 Å². The topological polar surface area (TPSA) is 55.0 Å². The van der Waals surface area contributed by atoms with E-state index in [1.165, 1.54) is 4.88 Å². The lowest BCUT2D eigenvalue weighted by Gasteiger charge is -2.26. The zero-order chi connectivity index (χ0) is 14.3. The molecule has 1 N–H and O–H groups in total. The molecule has 2 aromatic heterocycles. The molecule has 0 bridgehead atoms. The van der Waals surface area contributed by atoms with E-state index in [0.717, 1.165) is 47.5 Å². The highest BCUT2D eigenvalue weighted by atomic mass is 32.1. The molecule has 2 aromatic rings. The first kappa shape index (κ1) is 13.8. The number of aryl methyl sites for hydroxylation is 2. The number of aromatic nitrogens is 2. The second-order valence-corrected chi connectivity index (χ2v) is 6.73. The zero-order valence-corrected chi connectivity index (χ0v) is 13.0. The summed E-state index contributed by atoms with van der Waals surface area (Å²) in [5, 5.41) is 0.791. The molecule has 3 rings (SSSR count). The van der Waals surface area contributed by atoms with Gasteiger partial charge in [0.25, 0.3) is 5.56 Å². The first-order chi connectivity index (χ1) is 9.60. The van der Waals surface area contributed by atoms with Crippen molar-refractivity contribution in [2.45, 2.75) is 52.1 Å². The van der Waals surface area contributed by atoms with E-state index in [1.807, 2.05) is 0 Å². The second-order valence-electron chi connectivity index (χ2n) is 5.52. The third-order valence-electron chi connectivity index (χ3n) is 4.11. The van der Waals surface area contributed by atoms with Gasteiger partial charge in [0.1, 0.15) is 10.7 Å². The van der Waals surface area contributed by atoms with E-state index in [4.69, 9.17) is 9.72 Å². The molecule has 3 heterocycles. The number of ether oxygens (including phenoxy) is 1. The first-order valence-electron chi connectivity index (χ1n) is 7.24. The zero-order valence-electron chi connectivity index (χ0n) is 12.2. The molecule has 4 nitrogen and oxygen atoms in total. The lowest BCUT2D eigenvalue weighted by atomic mass is 9.95. The fourth-order valence-corrected chi connectivity index (χ4v) is 4.18. The van der Waals surface area contributed by atoms with Crippen LogP contribution < -0.4 is 5.56 Å². The minimum Gasteiger partial charge on any atom is -0.378 e. The van der Waals surface area contributed by atoms with Crippen LogP contribution in [-0.2, 0) is 11.2 Å². The molecule has 1 fully saturated rings. The fourth-order valence-electron chi connectivity index (χ4n) is 3.06. The molecule has 2 atom stereocenters. The highest BCUT2D eigenvalue weighted by Gasteiger charge is 2.24. The molecule has 0 amide bonds. The highest BCUT2D eigenvalue weighted by molar-refractivity contribution is 7.18. The number of hydrogen-bond donors (Lipinski definition) is 1. The number of nitrogens with zero attached hydrogens (tertiary/aromatic N) is 1. The molecule has 0 spiro atoms. The van der Waals surface area contributed by atoms with Crippen LogP contribution in [0.2, 0.25) is 0 Å². The van der Waals surface area contributed by atoms with Gasteiger partial charge in [-0.3, -0.25) is 4.79 Å². The summed E-state index contributed by atoms with van der Waals surface area (Å²) >= 11 is 1.63. The van der Waals surface area contributed by atoms with Crippen molar-refractivity contribution >= 4 is 21.6 Å². The molecule has 108 valence electrons. The van der Waals surface area contributed by atoms with Crippen LogP contribution in [0.3, 0.4) is 0 Å². The Morgan fingerprint density at radius 2 is 2.30 bits per heavy atom. The number of aromatic amines is 1. The maximum Gasteiger partial charge on any atom is 0.259 e. The Kier molecular flexibility index (Phi) is 3.65. The van der Waals surface area contributed by atoms with Crippen LogP contribution >= 0.6 is 11.3 Å². The van der Waals surface area contributed by atoms with Crippen LogP contribution in [0, 0.1) is 6.92 Å². The molecular formula is C15H20N2O2S. The Balaban J connectivity index is 2.08. The highest BCUT2D eigenvalue weighted by Crippen LogP contribution is 2.31. The number of rotatable bonds is 2. The van der Waals surface area contributed by atoms with Crippen LogP contribution in [-0.4, -0.2) is 22.7 Å². The predicted octanol–water partition coefficient (Wildman–Crippen LogP) is 3.14. The van der Waals surface area contributed by atoms with Crippen LogP contribution in [0.4, 0.5) is 0 Å². The standard InChI is InChI=1S/C15H20N2O2S/c1-4-11-9(3)20-15-12(11)14(18)16-13(17-15)10-5-6-19-8(2)7-10/h8,10H,4-7H2,1-3H3,(H,16,17,18). The van der Waals surface area contributed by atoms with Gasteiger partial charge in [-0.1, -0.05) is 6.92 Å². The van der Waals surface area contributed by atoms with Gasteiger partial charge in [-0.25, -0.2) is 4.98 Å². The monoisotopic (exact) mass is 292 g/mol.